The molecule has 5 rings (SSSR count). The molecule has 2 heterocycles. The van der Waals surface area contributed by atoms with Crippen LogP contribution in [0.25, 0.3) is 22.2 Å². The fourth-order valence-corrected chi connectivity index (χ4v) is 5.94. The Bertz CT molecular complexity index is 1550. The second-order valence-electron chi connectivity index (χ2n) is 9.39. The van der Waals surface area contributed by atoms with E-state index in [0.717, 1.165) is 41.5 Å². The summed E-state index contributed by atoms with van der Waals surface area (Å²) in [5.74, 6) is 0.829. The molecule has 0 saturated heterocycles. The van der Waals surface area contributed by atoms with Gasteiger partial charge in [-0.05, 0) is 67.2 Å². The Morgan fingerprint density at radius 2 is 2.03 bits per heavy atom. The van der Waals surface area contributed by atoms with Crippen LogP contribution in [0.3, 0.4) is 0 Å². The minimum absolute atomic E-state index is 0.160. The van der Waals surface area contributed by atoms with Crippen LogP contribution in [0.2, 0.25) is 0 Å². The summed E-state index contributed by atoms with van der Waals surface area (Å²) in [5.41, 5.74) is 4.43. The zero-order valence-electron chi connectivity index (χ0n) is 20.6. The van der Waals surface area contributed by atoms with Crippen LogP contribution in [0, 0.1) is 17.2 Å². The Balaban J connectivity index is 1.42. The Labute approximate surface area is 225 Å². The lowest BCUT2D eigenvalue weighted by Crippen LogP contribution is -2.34. The Morgan fingerprint density at radius 3 is 2.84 bits per heavy atom. The number of anilines is 1. The zero-order valence-corrected chi connectivity index (χ0v) is 22.3. The third-order valence-electron chi connectivity index (χ3n) is 6.16. The van der Waals surface area contributed by atoms with E-state index in [2.05, 4.69) is 30.6 Å². The molecule has 2 aromatic carbocycles. The molecule has 37 heavy (non-hydrogen) atoms. The first-order valence-corrected chi connectivity index (χ1v) is 13.5. The van der Waals surface area contributed by atoms with Crippen LogP contribution in [-0.2, 0) is 12.8 Å². The van der Waals surface area contributed by atoms with Gasteiger partial charge >= 0.3 is 0 Å². The maximum Gasteiger partial charge on any atom is 0.258 e. The minimum Gasteiger partial charge on any atom is -0.493 e. The van der Waals surface area contributed by atoms with Crippen molar-refractivity contribution in [2.45, 2.75) is 33.1 Å². The summed E-state index contributed by atoms with van der Waals surface area (Å²) in [6.45, 7) is 4.82. The predicted octanol–water partition coefficient (Wildman–Crippen LogP) is 6.49. The van der Waals surface area contributed by atoms with E-state index in [1.54, 1.807) is 6.07 Å². The monoisotopic (exact) mass is 526 g/mol. The van der Waals surface area contributed by atoms with Gasteiger partial charge in [-0.25, -0.2) is 4.98 Å². The molecule has 0 aliphatic heterocycles. The van der Waals surface area contributed by atoms with E-state index in [1.807, 2.05) is 48.5 Å². The molecule has 0 fully saturated rings. The van der Waals surface area contributed by atoms with Crippen molar-refractivity contribution < 1.29 is 9.53 Å². The number of nitrogens with zero attached hydrogens (tertiary/aromatic N) is 2. The van der Waals surface area contributed by atoms with Gasteiger partial charge in [0.05, 0.1) is 28.9 Å². The third kappa shape index (κ3) is 5.33. The van der Waals surface area contributed by atoms with Gasteiger partial charge in [0.25, 0.3) is 5.91 Å². The number of thiophene rings is 1. The van der Waals surface area contributed by atoms with Gasteiger partial charge in [0.15, 0.2) is 5.11 Å². The van der Waals surface area contributed by atoms with Crippen LogP contribution in [0.4, 0.5) is 5.00 Å². The molecule has 0 saturated carbocycles. The molecule has 4 aromatic rings. The average molecular weight is 527 g/mol. The van der Waals surface area contributed by atoms with Crippen molar-refractivity contribution in [1.82, 2.24) is 10.3 Å². The average Bonchev–Trinajstić information content (AvgIpc) is 3.47. The fraction of sp³-hybridized carbons (Fsp3) is 0.241. The van der Waals surface area contributed by atoms with Gasteiger partial charge in [0.1, 0.15) is 16.8 Å². The Hall–Kier alpha value is -3.80. The van der Waals surface area contributed by atoms with E-state index in [0.29, 0.717) is 39.9 Å². The van der Waals surface area contributed by atoms with Gasteiger partial charge < -0.3 is 10.1 Å². The molecule has 1 amide bonds. The number of nitriles is 1. The lowest BCUT2D eigenvalue weighted by Gasteiger charge is -2.13. The molecule has 0 unspecified atom stereocenters. The number of amides is 1. The number of thiocarbonyl (C=S) groups is 1. The summed E-state index contributed by atoms with van der Waals surface area (Å²) in [6.07, 6.45) is 2.96. The van der Waals surface area contributed by atoms with Crippen LogP contribution >= 0.6 is 23.6 Å². The van der Waals surface area contributed by atoms with Crippen LogP contribution < -0.4 is 15.4 Å². The second-order valence-corrected chi connectivity index (χ2v) is 10.9. The second kappa shape index (κ2) is 10.7. The van der Waals surface area contributed by atoms with E-state index >= 15 is 0 Å². The molecule has 1 aliphatic carbocycles. The van der Waals surface area contributed by atoms with Crippen molar-refractivity contribution in [1.29, 1.82) is 5.26 Å². The molecule has 8 heteroatoms. The van der Waals surface area contributed by atoms with E-state index in [9.17, 15) is 10.1 Å². The maximum absolute atomic E-state index is 13.4. The van der Waals surface area contributed by atoms with E-state index in [-0.39, 0.29) is 11.0 Å². The number of rotatable bonds is 6. The number of aromatic nitrogens is 1. The summed E-state index contributed by atoms with van der Waals surface area (Å²) in [7, 11) is 0. The number of carbonyl (C=O) groups is 1. The lowest BCUT2D eigenvalue weighted by atomic mass is 10.0. The number of para-hydroxylation sites is 1. The SMILES string of the molecule is CC(C)COc1cccc(-c2cc(C(=O)NC(=S)Nc3sc4c(c3C#N)CCC4)c3ccccc3n2)c1. The summed E-state index contributed by atoms with van der Waals surface area (Å²) < 4.78 is 5.89. The van der Waals surface area contributed by atoms with E-state index in [1.165, 1.54) is 16.2 Å². The highest BCUT2D eigenvalue weighted by molar-refractivity contribution is 7.80. The zero-order chi connectivity index (χ0) is 25.9. The first kappa shape index (κ1) is 24.9. The molecular weight excluding hydrogens is 500 g/mol. The molecule has 1 aliphatic rings. The van der Waals surface area contributed by atoms with Gasteiger partial charge in [-0.2, -0.15) is 5.26 Å². The minimum atomic E-state index is -0.341. The van der Waals surface area contributed by atoms with E-state index < -0.39 is 0 Å². The smallest absolute Gasteiger partial charge is 0.258 e. The van der Waals surface area contributed by atoms with Gasteiger partial charge in [-0.1, -0.05) is 44.2 Å². The van der Waals surface area contributed by atoms with Gasteiger partial charge in [0, 0.05) is 15.8 Å². The molecular formula is C29H26N4O2S2. The molecule has 0 radical (unpaired) electrons. The van der Waals surface area contributed by atoms with E-state index in [4.69, 9.17) is 21.9 Å². The quantitative estimate of drug-likeness (QED) is 0.280. The number of ether oxygens (including phenoxy) is 1. The van der Waals surface area contributed by atoms with Crippen molar-refractivity contribution in [3.05, 3.63) is 76.2 Å². The standard InChI is InChI=1S/C29H26N4O2S2/c1-17(2)16-35-19-8-5-7-18(13-19)25-14-22(20-9-3-4-11-24(20)31-25)27(34)32-29(36)33-28-23(15-30)21-10-6-12-26(21)37-28/h3-5,7-9,11,13-14,17H,6,10,12,16H2,1-2H3,(H2,32,33,34,36). The fourth-order valence-electron chi connectivity index (χ4n) is 4.43. The van der Waals surface area contributed by atoms with Gasteiger partial charge in [0.2, 0.25) is 0 Å². The predicted molar refractivity (Wildman–Crippen MR) is 152 cm³/mol. The van der Waals surface area contributed by atoms with Crippen molar-refractivity contribution in [3.8, 4) is 23.1 Å². The van der Waals surface area contributed by atoms with Crippen molar-refractivity contribution >= 4 is 50.5 Å². The Morgan fingerprint density at radius 1 is 1.19 bits per heavy atom. The highest BCUT2D eigenvalue weighted by atomic mass is 32.1. The summed E-state index contributed by atoms with van der Waals surface area (Å²) in [4.78, 5) is 19.5. The van der Waals surface area contributed by atoms with Crippen molar-refractivity contribution in [2.75, 3.05) is 11.9 Å². The topological polar surface area (TPSA) is 87.0 Å². The number of aryl methyl sites for hydroxylation is 1. The Kier molecular flexibility index (Phi) is 7.17. The highest BCUT2D eigenvalue weighted by Crippen LogP contribution is 2.38. The lowest BCUT2D eigenvalue weighted by molar-refractivity contribution is 0.0979. The highest BCUT2D eigenvalue weighted by Gasteiger charge is 2.23. The molecule has 2 aromatic heterocycles. The molecule has 0 atom stereocenters. The van der Waals surface area contributed by atoms with Crippen molar-refractivity contribution in [2.24, 2.45) is 5.92 Å². The maximum atomic E-state index is 13.4. The molecule has 0 bridgehead atoms. The van der Waals surface area contributed by atoms with Crippen LogP contribution in [0.15, 0.2) is 54.6 Å². The largest absolute Gasteiger partial charge is 0.493 e. The number of nitrogens with one attached hydrogen (secondary N) is 2. The third-order valence-corrected chi connectivity index (χ3v) is 7.57. The van der Waals surface area contributed by atoms with Crippen LogP contribution in [0.5, 0.6) is 5.75 Å². The first-order chi connectivity index (χ1) is 17.9. The molecule has 0 spiro atoms. The number of benzene rings is 2. The number of fused-ring (bicyclic) bond motifs is 2. The molecule has 6 nitrogen and oxygen atoms in total. The first-order valence-electron chi connectivity index (χ1n) is 12.2. The molecule has 186 valence electrons. The van der Waals surface area contributed by atoms with Gasteiger partial charge in [-0.15, -0.1) is 11.3 Å². The summed E-state index contributed by atoms with van der Waals surface area (Å²) in [5, 5.41) is 17.1. The normalized spacial score (nSPS) is 12.3. The summed E-state index contributed by atoms with van der Waals surface area (Å²) in [6, 6.07) is 19.3. The molecule has 2 N–H and O–H groups in total. The summed E-state index contributed by atoms with van der Waals surface area (Å²) >= 11 is 7.00. The van der Waals surface area contributed by atoms with Crippen LogP contribution in [0.1, 0.15) is 46.6 Å². The van der Waals surface area contributed by atoms with Crippen LogP contribution in [-0.4, -0.2) is 22.6 Å². The number of hydrogen-bond donors (Lipinski definition) is 2. The number of carbonyl (C=O) groups excluding carboxylic acids is 1. The number of pyridine rings is 1. The van der Waals surface area contributed by atoms with Gasteiger partial charge in [-0.3, -0.25) is 10.1 Å². The number of hydrogen-bond acceptors (Lipinski definition) is 6. The van der Waals surface area contributed by atoms with Crippen molar-refractivity contribution in [3.63, 3.8) is 0 Å².